The number of sulfonamides is 1. The van der Waals surface area contributed by atoms with E-state index in [1.54, 1.807) is 25.1 Å². The summed E-state index contributed by atoms with van der Waals surface area (Å²) in [6.45, 7) is 7.35. The summed E-state index contributed by atoms with van der Waals surface area (Å²) in [5, 5.41) is 3.26. The highest BCUT2D eigenvalue weighted by Crippen LogP contribution is 2.26. The van der Waals surface area contributed by atoms with E-state index in [0.29, 0.717) is 16.4 Å². The average Bonchev–Trinajstić information content (AvgIpc) is 2.49. The quantitative estimate of drug-likeness (QED) is 0.831. The molecule has 0 fully saturated rings. The molecule has 0 aliphatic heterocycles. The molecule has 5 nitrogen and oxygen atoms in total. The van der Waals surface area contributed by atoms with Gasteiger partial charge in [-0.25, -0.2) is 8.42 Å². The van der Waals surface area contributed by atoms with Crippen LogP contribution in [0, 0.1) is 20.8 Å². The maximum Gasteiger partial charge on any atom is 0.248 e. The number of anilines is 2. The lowest BCUT2D eigenvalue weighted by atomic mass is 10.0. The van der Waals surface area contributed by atoms with Crippen LogP contribution in [-0.4, -0.2) is 26.6 Å². The number of nitrogens with zero attached hydrogens (tertiary/aromatic N) is 1. The minimum absolute atomic E-state index is 0.347. The van der Waals surface area contributed by atoms with Gasteiger partial charge < -0.3 is 5.32 Å². The number of aryl methyl sites for hydroxylation is 3. The van der Waals surface area contributed by atoms with E-state index in [4.69, 9.17) is 11.6 Å². The number of benzene rings is 2. The Kier molecular flexibility index (Phi) is 5.98. The minimum Gasteiger partial charge on any atom is -0.324 e. The van der Waals surface area contributed by atoms with Crippen molar-refractivity contribution < 1.29 is 13.2 Å². The largest absolute Gasteiger partial charge is 0.324 e. The minimum atomic E-state index is -3.68. The van der Waals surface area contributed by atoms with Gasteiger partial charge in [-0.05, 0) is 57.0 Å². The third kappa shape index (κ3) is 4.56. The molecule has 0 radical (unpaired) electrons. The predicted octanol–water partition coefficient (Wildman–Crippen LogP) is 4.06. The van der Waals surface area contributed by atoms with E-state index in [2.05, 4.69) is 5.32 Å². The smallest absolute Gasteiger partial charge is 0.248 e. The molecule has 2 rings (SSSR count). The topological polar surface area (TPSA) is 66.5 Å². The van der Waals surface area contributed by atoms with Crippen molar-refractivity contribution in [3.05, 3.63) is 58.1 Å². The summed E-state index contributed by atoms with van der Waals surface area (Å²) in [5.41, 5.74) is 4.00. The third-order valence-electron chi connectivity index (χ3n) is 4.08. The van der Waals surface area contributed by atoms with Gasteiger partial charge in [-0.1, -0.05) is 35.4 Å². The molecule has 0 aromatic heterocycles. The fourth-order valence-corrected chi connectivity index (χ4v) is 4.38. The van der Waals surface area contributed by atoms with Gasteiger partial charge >= 0.3 is 0 Å². The second-order valence-electron chi connectivity index (χ2n) is 6.48. The van der Waals surface area contributed by atoms with Gasteiger partial charge in [0.1, 0.15) is 6.04 Å². The van der Waals surface area contributed by atoms with E-state index in [-0.39, 0.29) is 0 Å². The van der Waals surface area contributed by atoms with Crippen LogP contribution in [0.2, 0.25) is 5.02 Å². The van der Waals surface area contributed by atoms with Gasteiger partial charge in [0.25, 0.3) is 0 Å². The number of hydrogen-bond acceptors (Lipinski definition) is 3. The van der Waals surface area contributed by atoms with Crippen molar-refractivity contribution in [2.75, 3.05) is 15.9 Å². The van der Waals surface area contributed by atoms with Gasteiger partial charge in [0.2, 0.25) is 15.9 Å². The number of carbonyl (C=O) groups excluding carboxylic acids is 1. The van der Waals surface area contributed by atoms with Gasteiger partial charge in [0.05, 0.1) is 11.9 Å². The molecule has 1 N–H and O–H groups in total. The zero-order chi connectivity index (χ0) is 19.6. The lowest BCUT2D eigenvalue weighted by molar-refractivity contribution is -0.116. The summed E-state index contributed by atoms with van der Waals surface area (Å²) in [6.07, 6.45) is 1.07. The van der Waals surface area contributed by atoms with E-state index in [1.165, 1.54) is 6.07 Å². The molecule has 2 aromatic carbocycles. The fourth-order valence-electron chi connectivity index (χ4n) is 3.03. The van der Waals surface area contributed by atoms with Crippen molar-refractivity contribution in [2.45, 2.75) is 33.7 Å². The van der Waals surface area contributed by atoms with Crippen LogP contribution in [0.3, 0.4) is 0 Å². The summed E-state index contributed by atoms with van der Waals surface area (Å²) in [7, 11) is -3.68. The molecule has 0 aliphatic carbocycles. The standard InChI is InChI=1S/C19H23ClN2O3S/c1-12-9-13(2)18(14(3)10-12)21-19(23)15(4)22(26(5,24)25)17-8-6-7-16(20)11-17/h6-11,15H,1-5H3,(H,21,23). The van der Waals surface area contributed by atoms with Gasteiger partial charge in [0, 0.05) is 10.7 Å². The first-order valence-corrected chi connectivity index (χ1v) is 10.4. The molecule has 2 aromatic rings. The molecule has 1 amide bonds. The Morgan fingerprint density at radius 3 is 2.19 bits per heavy atom. The summed E-state index contributed by atoms with van der Waals surface area (Å²) in [4.78, 5) is 12.8. The first kappa shape index (κ1) is 20.3. The van der Waals surface area contributed by atoms with Crippen LogP contribution in [0.25, 0.3) is 0 Å². The lowest BCUT2D eigenvalue weighted by Gasteiger charge is -2.28. The maximum atomic E-state index is 12.8. The summed E-state index contributed by atoms with van der Waals surface area (Å²) < 4.78 is 25.7. The fraction of sp³-hybridized carbons (Fsp3) is 0.316. The summed E-state index contributed by atoms with van der Waals surface area (Å²) in [6, 6.07) is 9.43. The van der Waals surface area contributed by atoms with Gasteiger partial charge in [-0.15, -0.1) is 0 Å². The number of carbonyl (C=O) groups is 1. The molecule has 1 unspecified atom stereocenters. The molecule has 0 heterocycles. The second-order valence-corrected chi connectivity index (χ2v) is 8.77. The van der Waals surface area contributed by atoms with Crippen LogP contribution in [0.5, 0.6) is 0 Å². The number of hydrogen-bond donors (Lipinski definition) is 1. The van der Waals surface area contributed by atoms with E-state index in [1.807, 2.05) is 32.9 Å². The number of rotatable bonds is 5. The SMILES string of the molecule is Cc1cc(C)c(NC(=O)C(C)N(c2cccc(Cl)c2)S(C)(=O)=O)c(C)c1. The highest BCUT2D eigenvalue weighted by molar-refractivity contribution is 7.92. The zero-order valence-corrected chi connectivity index (χ0v) is 17.1. The highest BCUT2D eigenvalue weighted by atomic mass is 35.5. The highest BCUT2D eigenvalue weighted by Gasteiger charge is 2.29. The van der Waals surface area contributed by atoms with Crippen LogP contribution < -0.4 is 9.62 Å². The maximum absolute atomic E-state index is 12.8. The van der Waals surface area contributed by atoms with Crippen LogP contribution in [0.15, 0.2) is 36.4 Å². The molecular formula is C19H23ClN2O3S. The predicted molar refractivity (Wildman–Crippen MR) is 108 cm³/mol. The van der Waals surface area contributed by atoms with Crippen LogP contribution in [0.4, 0.5) is 11.4 Å². The Balaban J connectivity index is 2.38. The molecular weight excluding hydrogens is 372 g/mol. The molecule has 0 saturated carbocycles. The van der Waals surface area contributed by atoms with Crippen molar-refractivity contribution in [1.82, 2.24) is 0 Å². The molecule has 140 valence electrons. The van der Waals surface area contributed by atoms with Crippen molar-refractivity contribution in [3.63, 3.8) is 0 Å². The third-order valence-corrected chi connectivity index (χ3v) is 5.55. The molecule has 1 atom stereocenters. The molecule has 0 spiro atoms. The number of amides is 1. The Morgan fingerprint density at radius 1 is 1.12 bits per heavy atom. The van der Waals surface area contributed by atoms with E-state index >= 15 is 0 Å². The second kappa shape index (κ2) is 7.68. The van der Waals surface area contributed by atoms with Crippen molar-refractivity contribution in [1.29, 1.82) is 0 Å². The van der Waals surface area contributed by atoms with Crippen LogP contribution in [0.1, 0.15) is 23.6 Å². The van der Waals surface area contributed by atoms with Gasteiger partial charge in [-0.2, -0.15) is 0 Å². The number of nitrogens with one attached hydrogen (secondary N) is 1. The molecule has 0 saturated heterocycles. The van der Waals surface area contributed by atoms with Crippen molar-refractivity contribution >= 4 is 38.9 Å². The van der Waals surface area contributed by atoms with E-state index in [0.717, 1.165) is 27.3 Å². The molecule has 7 heteroatoms. The van der Waals surface area contributed by atoms with E-state index < -0.39 is 22.0 Å². The lowest BCUT2D eigenvalue weighted by Crippen LogP contribution is -2.45. The number of halogens is 1. The Bertz CT molecular complexity index is 919. The Labute approximate surface area is 160 Å². The molecule has 0 aliphatic rings. The Morgan fingerprint density at radius 2 is 1.69 bits per heavy atom. The molecule has 0 bridgehead atoms. The monoisotopic (exact) mass is 394 g/mol. The first-order chi connectivity index (χ1) is 12.0. The zero-order valence-electron chi connectivity index (χ0n) is 15.5. The van der Waals surface area contributed by atoms with E-state index in [9.17, 15) is 13.2 Å². The Hall–Kier alpha value is -2.05. The van der Waals surface area contributed by atoms with Crippen molar-refractivity contribution in [2.24, 2.45) is 0 Å². The van der Waals surface area contributed by atoms with Crippen LogP contribution in [-0.2, 0) is 14.8 Å². The summed E-state index contributed by atoms with van der Waals surface area (Å²) >= 11 is 5.99. The van der Waals surface area contributed by atoms with Gasteiger partial charge in [-0.3, -0.25) is 9.10 Å². The first-order valence-electron chi connectivity index (χ1n) is 8.14. The molecule has 26 heavy (non-hydrogen) atoms. The van der Waals surface area contributed by atoms with Crippen molar-refractivity contribution in [3.8, 4) is 0 Å². The van der Waals surface area contributed by atoms with Crippen LogP contribution >= 0.6 is 11.6 Å². The average molecular weight is 395 g/mol. The van der Waals surface area contributed by atoms with Gasteiger partial charge in [0.15, 0.2) is 0 Å². The normalized spacial score (nSPS) is 12.5. The summed E-state index contributed by atoms with van der Waals surface area (Å²) in [5.74, 6) is -0.412.